The summed E-state index contributed by atoms with van der Waals surface area (Å²) in [5.41, 5.74) is 7.00. The van der Waals surface area contributed by atoms with E-state index in [1.54, 1.807) is 24.4 Å². The number of carbonyl (C=O) groups is 1. The van der Waals surface area contributed by atoms with E-state index in [0.717, 1.165) is 0 Å². The van der Waals surface area contributed by atoms with E-state index in [9.17, 15) is 4.79 Å². The van der Waals surface area contributed by atoms with Gasteiger partial charge in [0.1, 0.15) is 6.61 Å². The third kappa shape index (κ3) is 3.36. The Morgan fingerprint density at radius 1 is 1.26 bits per heavy atom. The number of esters is 1. The number of anilines is 1. The number of benzene rings is 1. The first kappa shape index (κ1) is 13.6. The molecule has 1 aromatic heterocycles. The average Bonchev–Trinajstić information content (AvgIpc) is 2.40. The number of nitrogen functional groups attached to an aromatic ring is 1. The molecule has 0 radical (unpaired) electrons. The Kier molecular flexibility index (Phi) is 4.24. The number of aromatic nitrogens is 1. The van der Waals surface area contributed by atoms with E-state index in [1.165, 1.54) is 12.3 Å². The summed E-state index contributed by atoms with van der Waals surface area (Å²) in [6.45, 7) is 0.0716. The van der Waals surface area contributed by atoms with Gasteiger partial charge in [-0.1, -0.05) is 23.2 Å². The summed E-state index contributed by atoms with van der Waals surface area (Å²) < 4.78 is 5.14. The van der Waals surface area contributed by atoms with E-state index in [-0.39, 0.29) is 6.61 Å². The van der Waals surface area contributed by atoms with E-state index in [4.69, 9.17) is 33.7 Å². The van der Waals surface area contributed by atoms with E-state index in [1.807, 2.05) is 0 Å². The number of nitrogens with zero attached hydrogens (tertiary/aromatic N) is 1. The number of pyridine rings is 1. The van der Waals surface area contributed by atoms with Gasteiger partial charge in [0, 0.05) is 18.0 Å². The van der Waals surface area contributed by atoms with Crippen LogP contribution in [0.2, 0.25) is 10.0 Å². The van der Waals surface area contributed by atoms with Gasteiger partial charge in [-0.15, -0.1) is 0 Å². The number of hydrogen-bond donors (Lipinski definition) is 1. The fourth-order valence-electron chi connectivity index (χ4n) is 1.40. The zero-order valence-electron chi connectivity index (χ0n) is 9.77. The molecule has 1 heterocycles. The number of carbonyl (C=O) groups excluding carboxylic acids is 1. The SMILES string of the molecule is Nc1ccc(C(=O)OCc2ccncc2Cl)cc1Cl. The predicted molar refractivity (Wildman–Crippen MR) is 74.2 cm³/mol. The molecule has 0 bridgehead atoms. The molecule has 4 nitrogen and oxygen atoms in total. The number of rotatable bonds is 3. The average molecular weight is 297 g/mol. The van der Waals surface area contributed by atoms with Gasteiger partial charge in [0.05, 0.1) is 21.3 Å². The molecule has 2 rings (SSSR count). The van der Waals surface area contributed by atoms with Crippen molar-refractivity contribution in [3.63, 3.8) is 0 Å². The van der Waals surface area contributed by atoms with Crippen molar-refractivity contribution in [2.24, 2.45) is 0 Å². The minimum atomic E-state index is -0.491. The molecule has 98 valence electrons. The third-order valence-corrected chi connectivity index (χ3v) is 3.12. The minimum absolute atomic E-state index is 0.0716. The van der Waals surface area contributed by atoms with Gasteiger partial charge in [-0.3, -0.25) is 4.98 Å². The lowest BCUT2D eigenvalue weighted by Gasteiger charge is -2.07. The van der Waals surface area contributed by atoms with Crippen molar-refractivity contribution in [2.75, 3.05) is 5.73 Å². The number of ether oxygens (including phenoxy) is 1. The molecule has 2 N–H and O–H groups in total. The van der Waals surface area contributed by atoms with Crippen molar-refractivity contribution in [1.82, 2.24) is 4.98 Å². The molecule has 0 saturated heterocycles. The Morgan fingerprint density at radius 2 is 2.05 bits per heavy atom. The van der Waals surface area contributed by atoms with Gasteiger partial charge >= 0.3 is 5.97 Å². The lowest BCUT2D eigenvalue weighted by molar-refractivity contribution is 0.0473. The van der Waals surface area contributed by atoms with Crippen LogP contribution in [0.25, 0.3) is 0 Å². The molecule has 0 spiro atoms. The summed E-state index contributed by atoms with van der Waals surface area (Å²) in [5.74, 6) is -0.491. The molecule has 2 aromatic rings. The quantitative estimate of drug-likeness (QED) is 0.697. The summed E-state index contributed by atoms with van der Waals surface area (Å²) >= 11 is 11.7. The maximum Gasteiger partial charge on any atom is 0.338 e. The van der Waals surface area contributed by atoms with Gasteiger partial charge < -0.3 is 10.5 Å². The molecular weight excluding hydrogens is 287 g/mol. The lowest BCUT2D eigenvalue weighted by atomic mass is 10.2. The van der Waals surface area contributed by atoms with Crippen LogP contribution in [-0.4, -0.2) is 11.0 Å². The zero-order valence-corrected chi connectivity index (χ0v) is 11.3. The maximum atomic E-state index is 11.8. The number of hydrogen-bond acceptors (Lipinski definition) is 4. The highest BCUT2D eigenvalue weighted by atomic mass is 35.5. The molecule has 0 aliphatic rings. The van der Waals surface area contributed by atoms with Gasteiger partial charge in [0.2, 0.25) is 0 Å². The molecule has 0 atom stereocenters. The summed E-state index contributed by atoms with van der Waals surface area (Å²) in [7, 11) is 0. The third-order valence-electron chi connectivity index (χ3n) is 2.45. The van der Waals surface area contributed by atoms with Crippen LogP contribution in [0.3, 0.4) is 0 Å². The smallest absolute Gasteiger partial charge is 0.338 e. The molecule has 0 saturated carbocycles. The van der Waals surface area contributed by atoms with Gasteiger partial charge in [0.15, 0.2) is 0 Å². The molecule has 1 aromatic carbocycles. The molecule has 0 aliphatic heterocycles. The standard InChI is InChI=1S/C13H10Cl2N2O2/c14-10-5-8(1-2-12(10)16)13(18)19-7-9-3-4-17-6-11(9)15/h1-6H,7,16H2. The summed E-state index contributed by atoms with van der Waals surface area (Å²) in [6.07, 6.45) is 3.07. The Bertz CT molecular complexity index is 617. The van der Waals surface area contributed by atoms with Gasteiger partial charge in [-0.2, -0.15) is 0 Å². The molecule has 6 heteroatoms. The van der Waals surface area contributed by atoms with Crippen LogP contribution in [0.4, 0.5) is 5.69 Å². The summed E-state index contributed by atoms with van der Waals surface area (Å²) in [5, 5.41) is 0.766. The first-order valence-corrected chi connectivity index (χ1v) is 6.14. The number of nitrogens with two attached hydrogens (primary N) is 1. The number of halogens is 2. The maximum absolute atomic E-state index is 11.8. The summed E-state index contributed by atoms with van der Waals surface area (Å²) in [4.78, 5) is 15.7. The minimum Gasteiger partial charge on any atom is -0.457 e. The monoisotopic (exact) mass is 296 g/mol. The second kappa shape index (κ2) is 5.91. The van der Waals surface area contributed by atoms with Crippen LogP contribution in [0.5, 0.6) is 0 Å². The largest absolute Gasteiger partial charge is 0.457 e. The Labute approximate surface area is 120 Å². The highest BCUT2D eigenvalue weighted by Crippen LogP contribution is 2.21. The normalized spacial score (nSPS) is 10.2. The van der Waals surface area contributed by atoms with Crippen LogP contribution in [0.15, 0.2) is 36.7 Å². The molecule has 0 aliphatic carbocycles. The molecular formula is C13H10Cl2N2O2. The fourth-order valence-corrected chi connectivity index (χ4v) is 1.76. The lowest BCUT2D eigenvalue weighted by Crippen LogP contribution is -2.06. The van der Waals surface area contributed by atoms with Crippen molar-refractivity contribution in [3.8, 4) is 0 Å². The first-order chi connectivity index (χ1) is 9.08. The van der Waals surface area contributed by atoms with Crippen LogP contribution < -0.4 is 5.73 Å². The molecule has 19 heavy (non-hydrogen) atoms. The molecule has 0 fully saturated rings. The van der Waals surface area contributed by atoms with E-state index >= 15 is 0 Å². The summed E-state index contributed by atoms with van der Waals surface area (Å²) in [6, 6.07) is 6.26. The molecule has 0 amide bonds. The Morgan fingerprint density at radius 3 is 2.74 bits per heavy atom. The topological polar surface area (TPSA) is 65.2 Å². The predicted octanol–water partition coefficient (Wildman–Crippen LogP) is 3.33. The van der Waals surface area contributed by atoms with Crippen LogP contribution in [0, 0.1) is 0 Å². The van der Waals surface area contributed by atoms with Crippen LogP contribution in [-0.2, 0) is 11.3 Å². The fraction of sp³-hybridized carbons (Fsp3) is 0.0769. The second-order valence-electron chi connectivity index (χ2n) is 3.78. The van der Waals surface area contributed by atoms with Crippen molar-refractivity contribution >= 4 is 34.9 Å². The van der Waals surface area contributed by atoms with Crippen molar-refractivity contribution in [3.05, 3.63) is 57.8 Å². The highest BCUT2D eigenvalue weighted by Gasteiger charge is 2.10. The van der Waals surface area contributed by atoms with E-state index in [2.05, 4.69) is 4.98 Å². The zero-order chi connectivity index (χ0) is 13.8. The van der Waals surface area contributed by atoms with Crippen molar-refractivity contribution in [1.29, 1.82) is 0 Å². The van der Waals surface area contributed by atoms with Crippen molar-refractivity contribution in [2.45, 2.75) is 6.61 Å². The first-order valence-electron chi connectivity index (χ1n) is 5.38. The van der Waals surface area contributed by atoms with Crippen molar-refractivity contribution < 1.29 is 9.53 Å². The highest BCUT2D eigenvalue weighted by molar-refractivity contribution is 6.33. The molecule has 0 unspecified atom stereocenters. The van der Waals surface area contributed by atoms with E-state index < -0.39 is 5.97 Å². The van der Waals surface area contributed by atoms with Crippen LogP contribution in [0.1, 0.15) is 15.9 Å². The van der Waals surface area contributed by atoms with Gasteiger partial charge in [0.25, 0.3) is 0 Å². The van der Waals surface area contributed by atoms with Gasteiger partial charge in [-0.05, 0) is 24.3 Å². The Balaban J connectivity index is 2.05. The van der Waals surface area contributed by atoms with Crippen LogP contribution >= 0.6 is 23.2 Å². The Hall–Kier alpha value is -1.78. The van der Waals surface area contributed by atoms with Gasteiger partial charge in [-0.25, -0.2) is 4.79 Å². The second-order valence-corrected chi connectivity index (χ2v) is 4.59. The van der Waals surface area contributed by atoms with E-state index in [0.29, 0.717) is 26.9 Å².